The molecule has 2 aliphatic heterocycles. The molecule has 3 N–H and O–H groups in total. The Labute approximate surface area is 73.7 Å². The van der Waals surface area contributed by atoms with Crippen molar-refractivity contribution in [1.29, 1.82) is 0 Å². The minimum atomic E-state index is -1.35. The first-order valence-corrected chi connectivity index (χ1v) is 3.98. The molecule has 0 spiro atoms. The molecule has 2 heterocycles. The molecule has 13 heavy (non-hydrogen) atoms. The molecular formula is C7H10O6. The van der Waals surface area contributed by atoms with Crippen LogP contribution in [0.2, 0.25) is 0 Å². The maximum Gasteiger partial charge on any atom is 0.338 e. The third kappa shape index (κ3) is 1.14. The molecule has 0 radical (unpaired) electrons. The van der Waals surface area contributed by atoms with Crippen LogP contribution < -0.4 is 0 Å². The molecule has 0 aliphatic carbocycles. The van der Waals surface area contributed by atoms with Crippen LogP contribution >= 0.6 is 0 Å². The van der Waals surface area contributed by atoms with Gasteiger partial charge in [0.05, 0.1) is 6.61 Å². The minimum Gasteiger partial charge on any atom is -0.455 e. The van der Waals surface area contributed by atoms with E-state index in [0.29, 0.717) is 0 Å². The summed E-state index contributed by atoms with van der Waals surface area (Å²) in [5, 5.41) is 27.4. The van der Waals surface area contributed by atoms with Gasteiger partial charge in [0, 0.05) is 0 Å². The lowest BCUT2D eigenvalue weighted by molar-refractivity contribution is -0.153. The largest absolute Gasteiger partial charge is 0.455 e. The van der Waals surface area contributed by atoms with Crippen LogP contribution in [0.25, 0.3) is 0 Å². The van der Waals surface area contributed by atoms with Gasteiger partial charge in [0.15, 0.2) is 12.2 Å². The Balaban J connectivity index is 2.14. The van der Waals surface area contributed by atoms with Gasteiger partial charge in [0.1, 0.15) is 18.3 Å². The van der Waals surface area contributed by atoms with E-state index in [0.717, 1.165) is 0 Å². The maximum absolute atomic E-state index is 10.8. The van der Waals surface area contributed by atoms with E-state index in [9.17, 15) is 15.0 Å². The quantitative estimate of drug-likeness (QED) is 0.392. The molecule has 0 aromatic carbocycles. The fraction of sp³-hybridized carbons (Fsp3) is 0.857. The number of carbonyl (C=O) groups is 1. The number of hydrogen-bond acceptors (Lipinski definition) is 6. The van der Waals surface area contributed by atoms with Crippen LogP contribution in [0.15, 0.2) is 0 Å². The topological polar surface area (TPSA) is 96.2 Å². The van der Waals surface area contributed by atoms with E-state index in [4.69, 9.17) is 9.84 Å². The first-order chi connectivity index (χ1) is 6.15. The van der Waals surface area contributed by atoms with E-state index in [1.165, 1.54) is 0 Å². The lowest BCUT2D eigenvalue weighted by Gasteiger charge is -2.13. The average Bonchev–Trinajstić information content (AvgIpc) is 2.56. The van der Waals surface area contributed by atoms with Crippen molar-refractivity contribution in [3.8, 4) is 0 Å². The zero-order chi connectivity index (χ0) is 9.59. The molecule has 0 aromatic heterocycles. The molecule has 2 saturated heterocycles. The zero-order valence-electron chi connectivity index (χ0n) is 6.66. The Morgan fingerprint density at radius 2 is 2.00 bits per heavy atom. The second-order valence-corrected chi connectivity index (χ2v) is 3.16. The number of esters is 1. The van der Waals surface area contributed by atoms with Crippen LogP contribution in [0.4, 0.5) is 0 Å². The molecule has 0 saturated carbocycles. The lowest BCUT2D eigenvalue weighted by atomic mass is 10.1. The van der Waals surface area contributed by atoms with Gasteiger partial charge in [-0.2, -0.15) is 0 Å². The number of ether oxygens (including phenoxy) is 2. The molecule has 0 aromatic rings. The highest BCUT2D eigenvalue weighted by Crippen LogP contribution is 2.31. The second-order valence-electron chi connectivity index (χ2n) is 3.16. The summed E-state index contributed by atoms with van der Waals surface area (Å²) >= 11 is 0. The lowest BCUT2D eigenvalue weighted by Crippen LogP contribution is -2.33. The summed E-state index contributed by atoms with van der Waals surface area (Å²) in [5.74, 6) is -0.787. The van der Waals surface area contributed by atoms with Gasteiger partial charge in [-0.1, -0.05) is 0 Å². The fourth-order valence-electron chi connectivity index (χ4n) is 1.65. The normalized spacial score (nSPS) is 49.2. The van der Waals surface area contributed by atoms with Crippen LogP contribution in [-0.4, -0.2) is 58.4 Å². The number of aliphatic hydroxyl groups is 3. The van der Waals surface area contributed by atoms with Crippen molar-refractivity contribution in [2.75, 3.05) is 6.61 Å². The van der Waals surface area contributed by atoms with Crippen LogP contribution in [0.1, 0.15) is 0 Å². The number of aliphatic hydroxyl groups excluding tert-OH is 3. The van der Waals surface area contributed by atoms with Crippen molar-refractivity contribution in [2.24, 2.45) is 0 Å². The number of carbonyl (C=O) groups excluding carboxylic acids is 1. The average molecular weight is 190 g/mol. The minimum absolute atomic E-state index is 0.363. The van der Waals surface area contributed by atoms with Crippen molar-refractivity contribution < 1.29 is 29.6 Å². The van der Waals surface area contributed by atoms with Crippen LogP contribution in [0, 0.1) is 0 Å². The second kappa shape index (κ2) is 2.91. The summed E-state index contributed by atoms with van der Waals surface area (Å²) in [6.07, 6.45) is -4.88. The van der Waals surface area contributed by atoms with E-state index in [1.54, 1.807) is 0 Å². The highest BCUT2D eigenvalue weighted by atomic mass is 16.6. The first-order valence-electron chi connectivity index (χ1n) is 3.98. The molecule has 2 aliphatic rings. The molecule has 74 valence electrons. The van der Waals surface area contributed by atoms with E-state index < -0.39 is 36.5 Å². The molecule has 6 nitrogen and oxygen atoms in total. The van der Waals surface area contributed by atoms with E-state index in [2.05, 4.69) is 4.74 Å². The molecule has 2 unspecified atom stereocenters. The summed E-state index contributed by atoms with van der Waals surface area (Å²) in [7, 11) is 0. The van der Waals surface area contributed by atoms with Crippen LogP contribution in [0.3, 0.4) is 0 Å². The van der Waals surface area contributed by atoms with Gasteiger partial charge in [0.2, 0.25) is 0 Å². The molecule has 5 atom stereocenters. The predicted molar refractivity (Wildman–Crippen MR) is 37.6 cm³/mol. The summed E-state index contributed by atoms with van der Waals surface area (Å²) in [6.45, 7) is -0.363. The molecule has 2 fully saturated rings. The van der Waals surface area contributed by atoms with Gasteiger partial charge >= 0.3 is 5.97 Å². The fourth-order valence-corrected chi connectivity index (χ4v) is 1.65. The number of hydrogen-bond donors (Lipinski definition) is 3. The van der Waals surface area contributed by atoms with Gasteiger partial charge in [-0.3, -0.25) is 0 Å². The SMILES string of the molecule is O=C1O[C@H]2C(OC(CO)[C@@H]2O)[C@@H]1O. The molecule has 0 amide bonds. The summed E-state index contributed by atoms with van der Waals surface area (Å²) in [6, 6.07) is 0. The van der Waals surface area contributed by atoms with Crippen molar-refractivity contribution in [1.82, 2.24) is 0 Å². The Morgan fingerprint density at radius 3 is 2.54 bits per heavy atom. The summed E-state index contributed by atoms with van der Waals surface area (Å²) in [5.41, 5.74) is 0. The van der Waals surface area contributed by atoms with E-state index >= 15 is 0 Å². The van der Waals surface area contributed by atoms with Gasteiger partial charge in [-0.15, -0.1) is 0 Å². The Hall–Kier alpha value is -0.690. The Bertz CT molecular complexity index is 229. The van der Waals surface area contributed by atoms with Gasteiger partial charge in [0.25, 0.3) is 0 Å². The molecular weight excluding hydrogens is 180 g/mol. The highest BCUT2D eigenvalue weighted by molar-refractivity contribution is 5.78. The van der Waals surface area contributed by atoms with E-state index in [-0.39, 0.29) is 6.61 Å². The Morgan fingerprint density at radius 1 is 1.31 bits per heavy atom. The third-order valence-corrected chi connectivity index (χ3v) is 2.36. The monoisotopic (exact) mass is 190 g/mol. The highest BCUT2D eigenvalue weighted by Gasteiger charge is 2.56. The predicted octanol–water partition coefficient (Wildman–Crippen LogP) is -2.61. The number of fused-ring (bicyclic) bond motifs is 1. The van der Waals surface area contributed by atoms with Gasteiger partial charge < -0.3 is 24.8 Å². The van der Waals surface area contributed by atoms with Crippen molar-refractivity contribution >= 4 is 5.97 Å². The summed E-state index contributed by atoms with van der Waals surface area (Å²) < 4.78 is 9.70. The smallest absolute Gasteiger partial charge is 0.338 e. The molecule has 0 bridgehead atoms. The van der Waals surface area contributed by atoms with Crippen molar-refractivity contribution in [3.05, 3.63) is 0 Å². The molecule has 6 heteroatoms. The van der Waals surface area contributed by atoms with Gasteiger partial charge in [-0.25, -0.2) is 4.79 Å². The first kappa shape index (κ1) is 8.89. The van der Waals surface area contributed by atoms with Crippen molar-refractivity contribution in [3.63, 3.8) is 0 Å². The van der Waals surface area contributed by atoms with Crippen molar-refractivity contribution in [2.45, 2.75) is 30.5 Å². The zero-order valence-corrected chi connectivity index (χ0v) is 6.66. The van der Waals surface area contributed by atoms with Gasteiger partial charge in [-0.05, 0) is 0 Å². The van der Waals surface area contributed by atoms with Crippen LogP contribution in [0.5, 0.6) is 0 Å². The number of rotatable bonds is 1. The third-order valence-electron chi connectivity index (χ3n) is 2.36. The Kier molecular flexibility index (Phi) is 1.99. The summed E-state index contributed by atoms with van der Waals surface area (Å²) in [4.78, 5) is 10.8. The molecule has 2 rings (SSSR count). The maximum atomic E-state index is 10.8. The standard InChI is InChI=1S/C7H10O6/c8-1-2-3(9)5-6(12-2)4(10)7(11)13-5/h2-6,8-10H,1H2/t2?,3-,4-,5+,6?/m0/s1. The van der Waals surface area contributed by atoms with E-state index in [1.807, 2.05) is 0 Å². The van der Waals surface area contributed by atoms with Crippen LogP contribution in [-0.2, 0) is 14.3 Å².